The number of primary amides is 1. The van der Waals surface area contributed by atoms with E-state index in [0.29, 0.717) is 0 Å². The zero-order valence-electron chi connectivity index (χ0n) is 8.28. The van der Waals surface area contributed by atoms with Crippen LogP contribution in [0, 0.1) is 0 Å². The SMILES string of the molecule is COC(C)C(C)NCC(O)C(N)=O. The van der Waals surface area contributed by atoms with Crippen molar-refractivity contribution in [1.82, 2.24) is 5.32 Å². The zero-order valence-corrected chi connectivity index (χ0v) is 8.28. The molecule has 0 heterocycles. The van der Waals surface area contributed by atoms with Crippen LogP contribution in [0.5, 0.6) is 0 Å². The maximum Gasteiger partial charge on any atom is 0.247 e. The number of ether oxygens (including phenoxy) is 1. The molecule has 3 atom stereocenters. The molecule has 0 aliphatic rings. The van der Waals surface area contributed by atoms with Crippen LogP contribution in [-0.4, -0.2) is 42.9 Å². The Kier molecular flexibility index (Phi) is 5.61. The highest BCUT2D eigenvalue weighted by molar-refractivity contribution is 5.78. The third kappa shape index (κ3) is 4.82. The summed E-state index contributed by atoms with van der Waals surface area (Å²) in [6.45, 7) is 3.96. The number of aliphatic hydroxyl groups is 1. The molecule has 0 aliphatic heterocycles. The molecule has 13 heavy (non-hydrogen) atoms. The van der Waals surface area contributed by atoms with E-state index in [4.69, 9.17) is 15.6 Å². The smallest absolute Gasteiger partial charge is 0.247 e. The molecule has 0 aliphatic carbocycles. The summed E-state index contributed by atoms with van der Waals surface area (Å²) in [5.74, 6) is -0.718. The number of aliphatic hydroxyl groups excluding tert-OH is 1. The number of carbonyl (C=O) groups is 1. The fraction of sp³-hybridized carbons (Fsp3) is 0.875. The number of rotatable bonds is 6. The highest BCUT2D eigenvalue weighted by atomic mass is 16.5. The zero-order chi connectivity index (χ0) is 10.4. The fourth-order valence-electron chi connectivity index (χ4n) is 0.768. The van der Waals surface area contributed by atoms with Gasteiger partial charge in [-0.2, -0.15) is 0 Å². The second kappa shape index (κ2) is 5.90. The van der Waals surface area contributed by atoms with Gasteiger partial charge in [0.25, 0.3) is 0 Å². The minimum Gasteiger partial charge on any atom is -0.382 e. The Morgan fingerprint density at radius 2 is 2.15 bits per heavy atom. The van der Waals surface area contributed by atoms with E-state index in [0.717, 1.165) is 0 Å². The van der Waals surface area contributed by atoms with Crippen LogP contribution in [0.2, 0.25) is 0 Å². The first-order valence-corrected chi connectivity index (χ1v) is 4.22. The number of nitrogens with one attached hydrogen (secondary N) is 1. The quantitative estimate of drug-likeness (QED) is 0.493. The molecule has 4 N–H and O–H groups in total. The molecular formula is C8H18N2O3. The third-order valence-corrected chi connectivity index (χ3v) is 2.04. The molecule has 0 spiro atoms. The molecular weight excluding hydrogens is 172 g/mol. The molecule has 0 rings (SSSR count). The Morgan fingerprint density at radius 3 is 2.54 bits per heavy atom. The molecule has 78 valence electrons. The number of amides is 1. The second-order valence-corrected chi connectivity index (χ2v) is 3.06. The minimum absolute atomic E-state index is 0.0278. The standard InChI is InChI=1S/C8H18N2O3/c1-5(6(2)13-3)10-4-7(11)8(9)12/h5-7,10-11H,4H2,1-3H3,(H2,9,12). The minimum atomic E-state index is -1.13. The van der Waals surface area contributed by atoms with Crippen LogP contribution >= 0.6 is 0 Å². The highest BCUT2D eigenvalue weighted by Crippen LogP contribution is 1.95. The van der Waals surface area contributed by atoms with Gasteiger partial charge in [0.1, 0.15) is 6.10 Å². The van der Waals surface area contributed by atoms with Crippen LogP contribution in [0.15, 0.2) is 0 Å². The molecule has 0 bridgehead atoms. The predicted octanol–water partition coefficient (Wildman–Crippen LogP) is -1.15. The van der Waals surface area contributed by atoms with Crippen LogP contribution < -0.4 is 11.1 Å². The molecule has 5 heteroatoms. The Bertz CT molecular complexity index is 163. The lowest BCUT2D eigenvalue weighted by atomic mass is 10.2. The van der Waals surface area contributed by atoms with Crippen molar-refractivity contribution in [3.63, 3.8) is 0 Å². The lowest BCUT2D eigenvalue weighted by Gasteiger charge is -2.20. The first-order valence-electron chi connectivity index (χ1n) is 4.22. The maximum atomic E-state index is 10.5. The Morgan fingerprint density at radius 1 is 1.62 bits per heavy atom. The van der Waals surface area contributed by atoms with Gasteiger partial charge in [0.15, 0.2) is 0 Å². The molecule has 1 amide bonds. The number of hydrogen-bond acceptors (Lipinski definition) is 4. The van der Waals surface area contributed by atoms with Gasteiger partial charge in [-0.15, -0.1) is 0 Å². The molecule has 3 unspecified atom stereocenters. The van der Waals surface area contributed by atoms with Crippen molar-refractivity contribution in [1.29, 1.82) is 0 Å². The maximum absolute atomic E-state index is 10.5. The number of methoxy groups -OCH3 is 1. The normalized spacial score (nSPS) is 17.8. The van der Waals surface area contributed by atoms with Crippen LogP contribution in [0.25, 0.3) is 0 Å². The second-order valence-electron chi connectivity index (χ2n) is 3.06. The molecule has 0 fully saturated rings. The van der Waals surface area contributed by atoms with E-state index in [-0.39, 0.29) is 18.7 Å². The van der Waals surface area contributed by atoms with E-state index in [1.807, 2.05) is 13.8 Å². The van der Waals surface area contributed by atoms with Crippen molar-refractivity contribution < 1.29 is 14.6 Å². The summed E-state index contributed by atoms with van der Waals surface area (Å²) < 4.78 is 5.04. The van der Waals surface area contributed by atoms with Crippen LogP contribution in [0.4, 0.5) is 0 Å². The lowest BCUT2D eigenvalue weighted by Crippen LogP contribution is -2.44. The van der Waals surface area contributed by atoms with Gasteiger partial charge in [0.05, 0.1) is 6.10 Å². The third-order valence-electron chi connectivity index (χ3n) is 2.04. The molecule has 0 saturated heterocycles. The van der Waals surface area contributed by atoms with Crippen molar-refractivity contribution in [2.24, 2.45) is 5.73 Å². The van der Waals surface area contributed by atoms with Crippen LogP contribution in [0.3, 0.4) is 0 Å². The van der Waals surface area contributed by atoms with E-state index >= 15 is 0 Å². The van der Waals surface area contributed by atoms with E-state index in [1.54, 1.807) is 7.11 Å². The van der Waals surface area contributed by atoms with Crippen molar-refractivity contribution in [3.05, 3.63) is 0 Å². The summed E-state index contributed by atoms with van der Waals surface area (Å²) in [5.41, 5.74) is 4.87. The van der Waals surface area contributed by atoms with E-state index in [9.17, 15) is 4.79 Å². The Balaban J connectivity index is 3.69. The summed E-state index contributed by atoms with van der Waals surface area (Å²) in [5, 5.41) is 12.0. The topological polar surface area (TPSA) is 84.6 Å². The largest absolute Gasteiger partial charge is 0.382 e. The highest BCUT2D eigenvalue weighted by Gasteiger charge is 2.15. The van der Waals surface area contributed by atoms with E-state index in [2.05, 4.69) is 5.32 Å². The van der Waals surface area contributed by atoms with Crippen LogP contribution in [0.1, 0.15) is 13.8 Å². The average molecular weight is 190 g/mol. The van der Waals surface area contributed by atoms with Gasteiger partial charge in [0.2, 0.25) is 5.91 Å². The monoisotopic (exact) mass is 190 g/mol. The van der Waals surface area contributed by atoms with Crippen molar-refractivity contribution in [2.75, 3.05) is 13.7 Å². The number of nitrogens with two attached hydrogens (primary N) is 1. The Hall–Kier alpha value is -0.650. The van der Waals surface area contributed by atoms with Gasteiger partial charge in [-0.1, -0.05) is 0 Å². The average Bonchev–Trinajstić information content (AvgIpc) is 2.11. The number of carbonyl (C=O) groups excluding carboxylic acids is 1. The fourth-order valence-corrected chi connectivity index (χ4v) is 0.768. The van der Waals surface area contributed by atoms with Gasteiger partial charge < -0.3 is 20.9 Å². The number of hydrogen-bond donors (Lipinski definition) is 3. The summed E-state index contributed by atoms with van der Waals surface area (Å²) in [6.07, 6.45) is -1.11. The van der Waals surface area contributed by atoms with E-state index in [1.165, 1.54) is 0 Å². The molecule has 0 aromatic heterocycles. The van der Waals surface area contributed by atoms with Crippen molar-refractivity contribution >= 4 is 5.91 Å². The summed E-state index contributed by atoms with van der Waals surface area (Å²) in [4.78, 5) is 10.5. The molecule has 0 aromatic carbocycles. The molecule has 5 nitrogen and oxygen atoms in total. The molecule has 0 radical (unpaired) electrons. The summed E-state index contributed by atoms with van der Waals surface area (Å²) >= 11 is 0. The lowest BCUT2D eigenvalue weighted by molar-refractivity contribution is -0.125. The van der Waals surface area contributed by atoms with Gasteiger partial charge in [-0.25, -0.2) is 0 Å². The Labute approximate surface area is 78.3 Å². The van der Waals surface area contributed by atoms with E-state index < -0.39 is 12.0 Å². The first kappa shape index (κ1) is 12.3. The molecule has 0 aromatic rings. The summed E-state index contributed by atoms with van der Waals surface area (Å²) in [6, 6.07) is 0.0685. The van der Waals surface area contributed by atoms with Gasteiger partial charge in [-0.3, -0.25) is 4.79 Å². The summed E-state index contributed by atoms with van der Waals surface area (Å²) in [7, 11) is 1.60. The molecule has 0 saturated carbocycles. The van der Waals surface area contributed by atoms with Gasteiger partial charge in [-0.05, 0) is 13.8 Å². The van der Waals surface area contributed by atoms with Gasteiger partial charge in [0, 0.05) is 19.7 Å². The van der Waals surface area contributed by atoms with Crippen LogP contribution in [-0.2, 0) is 9.53 Å². The van der Waals surface area contributed by atoms with Gasteiger partial charge >= 0.3 is 0 Å². The first-order chi connectivity index (χ1) is 5.99. The predicted molar refractivity (Wildman–Crippen MR) is 49.1 cm³/mol. The van der Waals surface area contributed by atoms with Crippen molar-refractivity contribution in [2.45, 2.75) is 32.1 Å². The van der Waals surface area contributed by atoms with Crippen molar-refractivity contribution in [3.8, 4) is 0 Å².